The first-order valence-electron chi connectivity index (χ1n) is 3.40. The van der Waals surface area contributed by atoms with Gasteiger partial charge in [-0.2, -0.15) is 19.2 Å². The van der Waals surface area contributed by atoms with Gasteiger partial charge in [-0.1, -0.05) is 0 Å². The van der Waals surface area contributed by atoms with Crippen molar-refractivity contribution in [2.75, 3.05) is 0 Å². The van der Waals surface area contributed by atoms with E-state index < -0.39 is 0 Å². The minimum atomic E-state index is -0.181. The van der Waals surface area contributed by atoms with Crippen molar-refractivity contribution in [3.05, 3.63) is 0 Å². The summed E-state index contributed by atoms with van der Waals surface area (Å²) in [4.78, 5) is 78.1. The molecule has 0 fully saturated rings. The zero-order valence-corrected chi connectivity index (χ0v) is 10.9. The molecule has 0 bridgehead atoms. The van der Waals surface area contributed by atoms with E-state index in [0.717, 1.165) is 0 Å². The maximum absolute atomic E-state index is 8.70. The summed E-state index contributed by atoms with van der Waals surface area (Å²) in [6.07, 6.45) is 0.500. The molecule has 18 nitrogen and oxygen atoms in total. The lowest BCUT2D eigenvalue weighted by molar-refractivity contribution is -0.652. The number of hydrogen-bond donors (Lipinski definition) is 2. The molecular weight excluding hydrogens is 360 g/mol. The summed E-state index contributed by atoms with van der Waals surface area (Å²) in [6.45, 7) is -0.500. The second kappa shape index (κ2) is 160. The van der Waals surface area contributed by atoms with Gasteiger partial charge in [0.1, 0.15) is 0 Å². The molecule has 6 N–H and O–H groups in total. The Labute approximate surface area is 135 Å². The summed E-state index contributed by atoms with van der Waals surface area (Å²) in [6, 6.07) is 0. The number of rotatable bonds is 4. The molecule has 0 saturated heterocycles. The van der Waals surface area contributed by atoms with Gasteiger partial charge in [0.25, 0.3) is 12.9 Å². The third kappa shape index (κ3) is 34800. The van der Waals surface area contributed by atoms with Crippen LogP contribution in [0.15, 0.2) is 0 Å². The van der Waals surface area contributed by atoms with E-state index in [2.05, 4.69) is 19.6 Å². The zero-order chi connectivity index (χ0) is 19.1. The fourth-order valence-electron chi connectivity index (χ4n) is 0. The van der Waals surface area contributed by atoms with Crippen LogP contribution in [0.1, 0.15) is 5.71 Å². The Balaban J connectivity index is -0.0000000106. The van der Waals surface area contributed by atoms with Crippen molar-refractivity contribution in [3.63, 3.8) is 0 Å². The lowest BCUT2D eigenvalue weighted by Crippen LogP contribution is -2.00. The van der Waals surface area contributed by atoms with E-state index >= 15 is 0 Å². The highest BCUT2D eigenvalue weighted by atomic mass is 17.1. The average Bonchev–Trinajstić information content (AvgIpc) is 2.56. The topological polar surface area (TPSA) is 323 Å². The van der Waals surface area contributed by atoms with Gasteiger partial charge in [-0.25, -0.2) is 10.5 Å². The maximum atomic E-state index is 8.70. The third-order valence-corrected chi connectivity index (χ3v) is 0.165. The van der Waals surface area contributed by atoms with Crippen molar-refractivity contribution in [3.8, 4) is 0 Å². The molecule has 0 radical (unpaired) electrons. The van der Waals surface area contributed by atoms with Crippen LogP contribution in [0.3, 0.4) is 0 Å². The lowest BCUT2D eigenvalue weighted by atomic mass is 11.7. The normalized spacial score (nSPS) is 4.17. The first-order chi connectivity index (χ1) is 10.5. The van der Waals surface area contributed by atoms with Gasteiger partial charge < -0.3 is 41.0 Å². The first-order valence-corrected chi connectivity index (χ1v) is 3.40. The Morgan fingerprint density at radius 3 is 0.792 bits per heavy atom. The maximum Gasteiger partial charge on any atom is 1.00 e. The first kappa shape index (κ1) is 49.9. The van der Waals surface area contributed by atoms with Crippen LogP contribution in [0.4, 0.5) is 0 Å². The van der Waals surface area contributed by atoms with Crippen LogP contribution in [0.5, 0.6) is 0 Å². The fraction of sp³-hybridized carbons (Fsp3) is 0. The Hall–Kier alpha value is -3.60. The molecule has 0 aromatic rings. The predicted octanol–water partition coefficient (Wildman–Crippen LogP) is -5.97. The van der Waals surface area contributed by atoms with Crippen molar-refractivity contribution < 1.29 is 95.6 Å². The quantitative estimate of drug-likeness (QED) is 0.262. The summed E-state index contributed by atoms with van der Waals surface area (Å²) >= 11 is 0. The third-order valence-electron chi connectivity index (χ3n) is 0.165. The Morgan fingerprint density at radius 1 is 0.708 bits per heavy atom. The van der Waals surface area contributed by atoms with Crippen molar-refractivity contribution in [1.29, 1.82) is 0 Å². The highest BCUT2D eigenvalue weighted by Gasteiger charge is 1.48. The zero-order valence-electron chi connectivity index (χ0n) is 12.9. The van der Waals surface area contributed by atoms with Gasteiger partial charge in [-0.05, 0) is 0 Å². The van der Waals surface area contributed by atoms with E-state index in [1.165, 1.54) is 0 Å². The van der Waals surface area contributed by atoms with Crippen LogP contribution >= 0.6 is 0 Å². The second-order valence-electron chi connectivity index (χ2n) is 0.955. The van der Waals surface area contributed by atoms with Gasteiger partial charge in [0.2, 0.25) is 0 Å². The molecule has 0 aromatic heterocycles. The summed E-state index contributed by atoms with van der Waals surface area (Å²) in [7, 11) is 0. The summed E-state index contributed by atoms with van der Waals surface area (Å²) in [5, 5.41) is 30.9. The fourth-order valence-corrected chi connectivity index (χ4v) is 0. The predicted molar refractivity (Wildman–Crippen MR) is 57.5 cm³/mol. The summed E-state index contributed by atoms with van der Waals surface area (Å²) < 4.78 is 0. The molecule has 0 amide bonds. The van der Waals surface area contributed by atoms with Gasteiger partial charge in [0.15, 0.2) is 0 Å². The molecule has 0 aliphatic carbocycles. The molecule has 0 saturated carbocycles. The van der Waals surface area contributed by atoms with E-state index in [0.29, 0.717) is 0 Å². The highest BCUT2D eigenvalue weighted by molar-refractivity contribution is 5.35. The minimum absolute atomic E-state index is 0. The van der Waals surface area contributed by atoms with Gasteiger partial charge in [0.05, 0.1) is 0 Å². The van der Waals surface area contributed by atoms with Crippen LogP contribution < -0.4 is 10.5 Å². The van der Waals surface area contributed by atoms with E-state index in [1.54, 1.807) is 0 Å². The Morgan fingerprint density at radius 2 is 0.792 bits per heavy atom. The smallest absolute Gasteiger partial charge is 0.662 e. The molecule has 0 spiro atoms. The lowest BCUT2D eigenvalue weighted by Gasteiger charge is -1.88. The van der Waals surface area contributed by atoms with E-state index in [9.17, 15) is 0 Å². The minimum Gasteiger partial charge on any atom is -0.662 e. The van der Waals surface area contributed by atoms with Gasteiger partial charge in [-0.15, -0.1) is 0 Å². The van der Waals surface area contributed by atoms with Crippen LogP contribution in [0.2, 0.25) is 0 Å². The standard InChI is InChI=1S/4CH2O3.2CO2.2H2O.2H2/c4*2-1-4-3;2*2-1-3;;;;/h4*1,3H;;;2*1H2;2*1H. The average molecular weight is 376 g/mol. The number of hydrogen-bond acceptors (Lipinski definition) is 16. The number of carbonyl (C=O) groups excluding carboxylic acids is 8. The molecule has 0 aliphatic rings. The summed E-state index contributed by atoms with van der Waals surface area (Å²) in [5.41, 5.74) is 0. The highest BCUT2D eigenvalue weighted by Crippen LogP contribution is 1.34. The van der Waals surface area contributed by atoms with Gasteiger partial charge in [0, 0.05) is 2.85 Å². The molecule has 0 aromatic carbocycles. The van der Waals surface area contributed by atoms with Gasteiger partial charge >= 0.3 is 28.1 Å². The molecular formula is C6H16O18. The SMILES string of the molecule is O.O.O=C=O.O=C=O.O=COO.O=COO.O=CO[O-].O=CO[O-].[H+].[H+].[HH].[HH]. The second-order valence-corrected chi connectivity index (χ2v) is 0.955. The number of carbonyl (C=O) groups is 4. The van der Waals surface area contributed by atoms with Crippen molar-refractivity contribution in [2.45, 2.75) is 0 Å². The van der Waals surface area contributed by atoms with E-state index in [1.807, 2.05) is 0 Å². The molecule has 24 heavy (non-hydrogen) atoms. The van der Waals surface area contributed by atoms with Crippen molar-refractivity contribution in [1.82, 2.24) is 0 Å². The molecule has 0 atom stereocenters. The molecule has 148 valence electrons. The van der Waals surface area contributed by atoms with Crippen LogP contribution in [0.25, 0.3) is 0 Å². The van der Waals surface area contributed by atoms with Crippen LogP contribution in [-0.4, -0.2) is 59.7 Å². The van der Waals surface area contributed by atoms with Gasteiger partial charge in [-0.3, -0.25) is 19.2 Å². The molecule has 0 heterocycles. The Kier molecular flexibility index (Phi) is 334. The Bertz CT molecular complexity index is 233. The molecule has 0 rings (SSSR count). The van der Waals surface area contributed by atoms with Crippen LogP contribution in [0, 0.1) is 0 Å². The van der Waals surface area contributed by atoms with E-state index in [4.69, 9.17) is 59.4 Å². The van der Waals surface area contributed by atoms with E-state index in [-0.39, 0.29) is 54.9 Å². The largest absolute Gasteiger partial charge is 1.00 e. The molecule has 0 aliphatic heterocycles. The monoisotopic (exact) mass is 376 g/mol. The van der Waals surface area contributed by atoms with Crippen molar-refractivity contribution >= 4 is 38.2 Å². The summed E-state index contributed by atoms with van der Waals surface area (Å²) in [5.74, 6) is 0. The van der Waals surface area contributed by atoms with Crippen LogP contribution in [-0.2, 0) is 57.9 Å². The molecule has 0 unspecified atom stereocenters. The van der Waals surface area contributed by atoms with Crippen molar-refractivity contribution in [2.24, 2.45) is 0 Å². The molecule has 18 heteroatoms.